The lowest BCUT2D eigenvalue weighted by Gasteiger charge is -2.30. The number of carbonyl (C=O) groups excluding carboxylic acids is 1. The van der Waals surface area contributed by atoms with Crippen LogP contribution in [0, 0.1) is 5.92 Å². The van der Waals surface area contributed by atoms with Crippen LogP contribution in [-0.2, 0) is 6.54 Å². The molecule has 5 heteroatoms. The van der Waals surface area contributed by atoms with Crippen molar-refractivity contribution in [2.75, 3.05) is 26.2 Å². The van der Waals surface area contributed by atoms with Crippen LogP contribution in [0.2, 0.25) is 0 Å². The molecular weight excluding hydrogens is 252 g/mol. The molecule has 20 heavy (non-hydrogen) atoms. The Kier molecular flexibility index (Phi) is 5.80. The largest absolute Gasteiger partial charge is 0.337 e. The first-order valence-corrected chi connectivity index (χ1v) is 7.38. The van der Waals surface area contributed by atoms with E-state index in [1.807, 2.05) is 18.2 Å². The summed E-state index contributed by atoms with van der Waals surface area (Å²) in [7, 11) is 0. The molecule has 0 bridgehead atoms. The lowest BCUT2D eigenvalue weighted by atomic mass is 10.0. The van der Waals surface area contributed by atoms with Gasteiger partial charge in [-0.1, -0.05) is 13.0 Å². The van der Waals surface area contributed by atoms with Gasteiger partial charge in [0.15, 0.2) is 0 Å². The fraction of sp³-hybridized carbons (Fsp3) is 0.600. The predicted octanol–water partition coefficient (Wildman–Crippen LogP) is 1.61. The van der Waals surface area contributed by atoms with Crippen LogP contribution in [0.25, 0.3) is 0 Å². The Labute approximate surface area is 120 Å². The molecule has 0 saturated carbocycles. The van der Waals surface area contributed by atoms with E-state index < -0.39 is 0 Å². The van der Waals surface area contributed by atoms with E-state index in [0.717, 1.165) is 31.2 Å². The third-order valence-corrected chi connectivity index (χ3v) is 3.61. The van der Waals surface area contributed by atoms with Gasteiger partial charge in [-0.25, -0.2) is 4.79 Å². The summed E-state index contributed by atoms with van der Waals surface area (Å²) in [6, 6.07) is 5.55. The highest BCUT2D eigenvalue weighted by molar-refractivity contribution is 5.73. The van der Waals surface area contributed by atoms with Crippen molar-refractivity contribution in [2.24, 2.45) is 5.92 Å². The lowest BCUT2D eigenvalue weighted by molar-refractivity contribution is 0.184. The minimum absolute atomic E-state index is 0.124. The third kappa shape index (κ3) is 5.17. The molecule has 0 spiro atoms. The molecule has 1 aromatic heterocycles. The minimum Gasteiger partial charge on any atom is -0.337 e. The maximum absolute atomic E-state index is 11.7. The number of nitrogens with zero attached hydrogens (tertiary/aromatic N) is 2. The van der Waals surface area contributed by atoms with Crippen LogP contribution in [-0.4, -0.2) is 42.1 Å². The van der Waals surface area contributed by atoms with Gasteiger partial charge in [0, 0.05) is 25.8 Å². The van der Waals surface area contributed by atoms with E-state index in [1.54, 1.807) is 6.20 Å². The number of rotatable bonds is 5. The summed E-state index contributed by atoms with van der Waals surface area (Å²) < 4.78 is 0. The van der Waals surface area contributed by atoms with Crippen LogP contribution in [0.15, 0.2) is 24.4 Å². The molecule has 0 radical (unpaired) electrons. The van der Waals surface area contributed by atoms with Gasteiger partial charge in [0.2, 0.25) is 0 Å². The SMILES string of the molecule is CC1CCCN(CCNC(=O)NCc2ccccn2)C1. The number of carbonyl (C=O) groups is 1. The van der Waals surface area contributed by atoms with Gasteiger partial charge in [0.25, 0.3) is 0 Å². The molecule has 5 nitrogen and oxygen atoms in total. The highest BCUT2D eigenvalue weighted by Gasteiger charge is 2.15. The summed E-state index contributed by atoms with van der Waals surface area (Å²) in [6.07, 6.45) is 4.33. The summed E-state index contributed by atoms with van der Waals surface area (Å²) >= 11 is 0. The maximum Gasteiger partial charge on any atom is 0.315 e. The molecule has 1 aliphatic rings. The first kappa shape index (κ1) is 14.8. The zero-order valence-corrected chi connectivity index (χ0v) is 12.1. The molecule has 110 valence electrons. The van der Waals surface area contributed by atoms with Gasteiger partial charge in [-0.15, -0.1) is 0 Å². The maximum atomic E-state index is 11.7. The zero-order chi connectivity index (χ0) is 14.2. The second-order valence-corrected chi connectivity index (χ2v) is 5.48. The van der Waals surface area contributed by atoms with Gasteiger partial charge in [-0.3, -0.25) is 4.98 Å². The van der Waals surface area contributed by atoms with Crippen LogP contribution in [0.4, 0.5) is 4.79 Å². The highest BCUT2D eigenvalue weighted by Crippen LogP contribution is 2.14. The number of pyridine rings is 1. The average Bonchev–Trinajstić information content (AvgIpc) is 2.46. The molecule has 2 heterocycles. The Bertz CT molecular complexity index is 410. The number of amides is 2. The van der Waals surface area contributed by atoms with Crippen molar-refractivity contribution >= 4 is 6.03 Å². The normalized spacial score (nSPS) is 19.6. The van der Waals surface area contributed by atoms with Crippen molar-refractivity contribution in [2.45, 2.75) is 26.3 Å². The molecule has 0 aliphatic carbocycles. The number of piperidine rings is 1. The number of likely N-dealkylation sites (tertiary alicyclic amines) is 1. The number of urea groups is 1. The third-order valence-electron chi connectivity index (χ3n) is 3.61. The molecule has 2 N–H and O–H groups in total. The Hall–Kier alpha value is -1.62. The first-order valence-electron chi connectivity index (χ1n) is 7.38. The van der Waals surface area contributed by atoms with E-state index in [4.69, 9.17) is 0 Å². The summed E-state index contributed by atoms with van der Waals surface area (Å²) in [6.45, 7) is 6.69. The summed E-state index contributed by atoms with van der Waals surface area (Å²) in [5, 5.41) is 5.71. The van der Waals surface area contributed by atoms with E-state index in [1.165, 1.54) is 12.8 Å². The number of hydrogen-bond acceptors (Lipinski definition) is 3. The summed E-state index contributed by atoms with van der Waals surface area (Å²) in [5.74, 6) is 0.779. The smallest absolute Gasteiger partial charge is 0.315 e. The van der Waals surface area contributed by atoms with Crippen LogP contribution in [0.5, 0.6) is 0 Å². The predicted molar refractivity (Wildman–Crippen MR) is 79.3 cm³/mol. The monoisotopic (exact) mass is 276 g/mol. The molecule has 1 fully saturated rings. The Morgan fingerprint density at radius 1 is 1.45 bits per heavy atom. The fourth-order valence-electron chi connectivity index (χ4n) is 2.55. The number of aromatic nitrogens is 1. The molecular formula is C15H24N4O. The van der Waals surface area contributed by atoms with Crippen molar-refractivity contribution in [3.8, 4) is 0 Å². The summed E-state index contributed by atoms with van der Waals surface area (Å²) in [4.78, 5) is 18.2. The van der Waals surface area contributed by atoms with Crippen LogP contribution in [0.3, 0.4) is 0 Å². The van der Waals surface area contributed by atoms with Crippen molar-refractivity contribution in [3.63, 3.8) is 0 Å². The van der Waals surface area contributed by atoms with E-state index in [9.17, 15) is 4.79 Å². The zero-order valence-electron chi connectivity index (χ0n) is 12.1. The molecule has 2 rings (SSSR count). The van der Waals surface area contributed by atoms with Gasteiger partial charge < -0.3 is 15.5 Å². The molecule has 0 aromatic carbocycles. The van der Waals surface area contributed by atoms with Crippen LogP contribution >= 0.6 is 0 Å². The van der Waals surface area contributed by atoms with Crippen molar-refractivity contribution in [1.82, 2.24) is 20.5 Å². The average molecular weight is 276 g/mol. The van der Waals surface area contributed by atoms with Gasteiger partial charge >= 0.3 is 6.03 Å². The van der Waals surface area contributed by atoms with E-state index >= 15 is 0 Å². The second-order valence-electron chi connectivity index (χ2n) is 5.48. The summed E-state index contributed by atoms with van der Waals surface area (Å²) in [5.41, 5.74) is 0.868. The van der Waals surface area contributed by atoms with E-state index in [-0.39, 0.29) is 6.03 Å². The number of hydrogen-bond donors (Lipinski definition) is 2. The van der Waals surface area contributed by atoms with Crippen LogP contribution in [0.1, 0.15) is 25.5 Å². The highest BCUT2D eigenvalue weighted by atomic mass is 16.2. The van der Waals surface area contributed by atoms with E-state index in [0.29, 0.717) is 13.1 Å². The Morgan fingerprint density at radius 3 is 3.10 bits per heavy atom. The molecule has 1 aliphatic heterocycles. The van der Waals surface area contributed by atoms with Crippen LogP contribution < -0.4 is 10.6 Å². The first-order chi connectivity index (χ1) is 9.74. The quantitative estimate of drug-likeness (QED) is 0.859. The Balaban J connectivity index is 1.58. The van der Waals surface area contributed by atoms with Crippen molar-refractivity contribution in [1.29, 1.82) is 0 Å². The fourth-order valence-corrected chi connectivity index (χ4v) is 2.55. The molecule has 1 aromatic rings. The van der Waals surface area contributed by atoms with Gasteiger partial charge in [-0.2, -0.15) is 0 Å². The second kappa shape index (κ2) is 7.85. The van der Waals surface area contributed by atoms with Gasteiger partial charge in [0.1, 0.15) is 0 Å². The number of nitrogens with one attached hydrogen (secondary N) is 2. The van der Waals surface area contributed by atoms with Crippen molar-refractivity contribution < 1.29 is 4.79 Å². The Morgan fingerprint density at radius 2 is 2.35 bits per heavy atom. The molecule has 1 unspecified atom stereocenters. The van der Waals surface area contributed by atoms with Crippen molar-refractivity contribution in [3.05, 3.63) is 30.1 Å². The lowest BCUT2D eigenvalue weighted by Crippen LogP contribution is -2.42. The van der Waals surface area contributed by atoms with Gasteiger partial charge in [-0.05, 0) is 37.4 Å². The molecule has 1 saturated heterocycles. The van der Waals surface area contributed by atoms with Gasteiger partial charge in [0.05, 0.1) is 12.2 Å². The standard InChI is InChI=1S/C15H24N4O/c1-13-5-4-9-19(12-13)10-8-17-15(20)18-11-14-6-2-3-7-16-14/h2-3,6-7,13H,4-5,8-12H2,1H3,(H2,17,18,20). The molecule has 2 amide bonds. The van der Waals surface area contributed by atoms with E-state index in [2.05, 4.69) is 27.4 Å². The minimum atomic E-state index is -0.124. The topological polar surface area (TPSA) is 57.3 Å². The molecule has 1 atom stereocenters.